The van der Waals surface area contributed by atoms with Gasteiger partial charge < -0.3 is 30.6 Å². The predicted octanol–water partition coefficient (Wildman–Crippen LogP) is 9.84. The van der Waals surface area contributed by atoms with Gasteiger partial charge in [0.2, 0.25) is 17.7 Å². The highest BCUT2D eigenvalue weighted by molar-refractivity contribution is 7.92. The maximum atomic E-state index is 14.2. The normalized spacial score (nSPS) is 13.9. The Morgan fingerprint density at radius 3 is 2.18 bits per heavy atom. The summed E-state index contributed by atoms with van der Waals surface area (Å²) in [4.78, 5) is 73.8. The third-order valence-electron chi connectivity index (χ3n) is 16.0. The fourth-order valence-electron chi connectivity index (χ4n) is 11.4. The predicted molar refractivity (Wildman–Crippen MR) is 352 cm³/mol. The minimum absolute atomic E-state index is 0.000587. The minimum Gasteiger partial charge on any atom is -0.481 e. The zero-order chi connectivity index (χ0) is 65.9. The van der Waals surface area contributed by atoms with Crippen LogP contribution in [0.25, 0.3) is 83.3 Å². The first-order valence-electron chi connectivity index (χ1n) is 29.4. The van der Waals surface area contributed by atoms with Gasteiger partial charge in [-0.1, -0.05) is 36.4 Å². The molecule has 1 fully saturated rings. The highest BCUT2D eigenvalue weighted by atomic mass is 32.2. The molecule has 474 valence electrons. The number of hydrogen-bond donors (Lipinski definition) is 4. The van der Waals surface area contributed by atoms with Gasteiger partial charge in [0.25, 0.3) is 21.1 Å². The summed E-state index contributed by atoms with van der Waals surface area (Å²) < 4.78 is 70.9. The lowest BCUT2D eigenvalue weighted by atomic mass is 9.92. The van der Waals surface area contributed by atoms with E-state index in [0.29, 0.717) is 106 Å². The summed E-state index contributed by atoms with van der Waals surface area (Å²) in [5.74, 6) is -0.639. The molecule has 9 aromatic heterocycles. The molecule has 13 aromatic rings. The fraction of sp³-hybridized carbons (Fsp3) is 0.179. The highest BCUT2D eigenvalue weighted by Gasteiger charge is 2.28. The number of pyridine rings is 4. The summed E-state index contributed by atoms with van der Waals surface area (Å²) >= 11 is 0. The fourth-order valence-corrected chi connectivity index (χ4v) is 12.5. The Kier molecular flexibility index (Phi) is 17.5. The number of methoxy groups -OCH3 is 2. The number of anilines is 3. The average Bonchev–Trinajstić information content (AvgIpc) is 0.817. The van der Waals surface area contributed by atoms with Gasteiger partial charge in [-0.05, 0) is 141 Å². The van der Waals surface area contributed by atoms with Crippen LogP contribution < -0.4 is 36.8 Å². The van der Waals surface area contributed by atoms with E-state index < -0.39 is 26.6 Å². The van der Waals surface area contributed by atoms with E-state index in [1.807, 2.05) is 97.3 Å². The third kappa shape index (κ3) is 12.6. The molecule has 4 aromatic carbocycles. The number of nitrogens with one attached hydrogen (secondary N) is 1. The van der Waals surface area contributed by atoms with Crippen LogP contribution in [0.1, 0.15) is 54.4 Å². The van der Waals surface area contributed by atoms with Crippen LogP contribution in [0.4, 0.5) is 26.2 Å². The maximum Gasteiger partial charge on any atom is 0.279 e. The molecule has 27 heteroatoms. The molecule has 14 rings (SSSR count). The summed E-state index contributed by atoms with van der Waals surface area (Å²) in [6.07, 6.45) is 13.6. The van der Waals surface area contributed by atoms with E-state index in [0.717, 1.165) is 56.5 Å². The second-order valence-electron chi connectivity index (χ2n) is 22.0. The molecular weight excluding hydrogens is 1220 g/mol. The molecule has 0 bridgehead atoms. The number of nitrogen functional groups attached to an aromatic ring is 2. The molecule has 0 saturated heterocycles. The number of aromatic nitrogens is 14. The molecule has 1 aliphatic carbocycles. The molecule has 94 heavy (non-hydrogen) atoms. The topological polar surface area (TPSA) is 328 Å². The van der Waals surface area contributed by atoms with E-state index in [1.165, 1.54) is 26.6 Å². The second-order valence-corrected chi connectivity index (χ2v) is 23.7. The Labute approximate surface area is 534 Å². The van der Waals surface area contributed by atoms with Gasteiger partial charge in [0.15, 0.2) is 17.1 Å². The molecule has 0 radical (unpaired) electrons. The molecule has 0 atom stereocenters. The summed E-state index contributed by atoms with van der Waals surface area (Å²) in [5.41, 5.74) is 22.4. The number of nitrogens with two attached hydrogens (primary N) is 2. The van der Waals surface area contributed by atoms with Gasteiger partial charge in [0.05, 0.1) is 61.0 Å². The van der Waals surface area contributed by atoms with E-state index in [2.05, 4.69) is 54.6 Å². The smallest absolute Gasteiger partial charge is 0.279 e. The number of aryl methyl sites for hydroxylation is 3. The molecule has 24 nitrogen and oxygen atoms in total. The lowest BCUT2D eigenvalue weighted by molar-refractivity contribution is 0.111. The van der Waals surface area contributed by atoms with Crippen molar-refractivity contribution < 1.29 is 31.8 Å². The number of fused-ring (bicyclic) bond motifs is 4. The molecule has 9 heterocycles. The maximum absolute atomic E-state index is 14.2. The number of para-hydroxylation sites is 1. The number of hydrogen-bond acceptors (Lipinski definition) is 20. The number of benzene rings is 4. The Morgan fingerprint density at radius 1 is 0.670 bits per heavy atom. The molecule has 0 spiro atoms. The SMILES string of the molecule is COc1ccc(-c2nc3c(C)nc(N)nc3n(C3CCC(O)CC3)c2=O)cn1.COc1ncc(-c2ccc3nccc(-c4ccncc4)c3c2)cc1NS(=O)(=O)c1ccc(F)cc1F.Cc1ccccc1-n1c(Cn2cnc3c(N)ncnc32)nc2cccc(C)c2c1=O. The van der Waals surface area contributed by atoms with Crippen LogP contribution in [-0.2, 0) is 16.6 Å². The standard InChI is InChI=1S/C26H18F2N4O3S.C22H19N7O.C19H22N6O3/c1-35-26-24(32-36(33,34)25-5-3-19(27)14-22(25)28)13-18(15-31-26)17-2-4-23-21(12-17)20(8-11-30-23)16-6-9-29-10-7-16;1-13-6-3-4-9-16(13)29-17(27-15-8-5-7-14(2)18(15)22(29)30)10-28-12-26-19-20(23)24-11-25-21(19)28;1-10-15-17(24-19(20)22-10)25(12-4-6-13(26)7-5-12)18(27)16(23-15)11-3-8-14(28-2)21-9-11/h2-15,32H,1H3;3-9,11-12H,10H2,1-2H3,(H2,23,24,25);3,8-9,12-13,26H,4-7H2,1-2H3,(H2,20,22,24). The number of nitrogens with zero attached hydrogens (tertiary/aromatic N) is 14. The van der Waals surface area contributed by atoms with E-state index in [1.54, 1.807) is 65.5 Å². The molecule has 1 saturated carbocycles. The van der Waals surface area contributed by atoms with Crippen molar-refractivity contribution in [1.29, 1.82) is 0 Å². The van der Waals surface area contributed by atoms with Crippen molar-refractivity contribution >= 4 is 71.6 Å². The number of imidazole rings is 1. The number of aliphatic hydroxyl groups is 1. The number of sulfonamides is 1. The van der Waals surface area contributed by atoms with Crippen molar-refractivity contribution in [2.75, 3.05) is 30.4 Å². The van der Waals surface area contributed by atoms with Crippen molar-refractivity contribution in [1.82, 2.24) is 68.5 Å². The van der Waals surface area contributed by atoms with Crippen LogP contribution in [0.15, 0.2) is 173 Å². The highest BCUT2D eigenvalue weighted by Crippen LogP contribution is 2.36. The van der Waals surface area contributed by atoms with E-state index in [9.17, 15) is 31.9 Å². The quantitative estimate of drug-likeness (QED) is 0.0883. The lowest BCUT2D eigenvalue weighted by Crippen LogP contribution is -2.32. The first-order valence-corrected chi connectivity index (χ1v) is 30.9. The van der Waals surface area contributed by atoms with Crippen molar-refractivity contribution in [3.05, 3.63) is 214 Å². The van der Waals surface area contributed by atoms with Crippen LogP contribution in [0.2, 0.25) is 0 Å². The number of aliphatic hydroxyl groups excluding tert-OH is 1. The van der Waals surface area contributed by atoms with Crippen LogP contribution in [0.3, 0.4) is 0 Å². The van der Waals surface area contributed by atoms with Gasteiger partial charge >= 0.3 is 0 Å². The molecule has 0 aliphatic heterocycles. The Bertz CT molecular complexity index is 5290. The van der Waals surface area contributed by atoms with Gasteiger partial charge in [-0.15, -0.1) is 0 Å². The lowest BCUT2D eigenvalue weighted by Gasteiger charge is -2.28. The van der Waals surface area contributed by atoms with Gasteiger partial charge in [0.1, 0.15) is 51.1 Å². The molecule has 0 unspecified atom stereocenters. The van der Waals surface area contributed by atoms with Gasteiger partial charge in [0, 0.05) is 65.7 Å². The van der Waals surface area contributed by atoms with Crippen LogP contribution in [-0.4, -0.2) is 102 Å². The monoisotopic (exact) mass is 1280 g/mol. The van der Waals surface area contributed by atoms with Crippen LogP contribution >= 0.6 is 0 Å². The summed E-state index contributed by atoms with van der Waals surface area (Å²) in [5, 5.41) is 11.4. The number of rotatable bonds is 12. The van der Waals surface area contributed by atoms with E-state index in [4.69, 9.17) is 25.9 Å². The molecule has 0 amide bonds. The van der Waals surface area contributed by atoms with E-state index in [-0.39, 0.29) is 46.5 Å². The number of ether oxygens (including phenoxy) is 2. The number of halogens is 2. The molecular formula is C67H59F2N17O7S. The van der Waals surface area contributed by atoms with Crippen molar-refractivity contribution in [3.8, 4) is 51.0 Å². The first-order chi connectivity index (χ1) is 45.4. The minimum atomic E-state index is -4.40. The molecule has 6 N–H and O–H groups in total. The summed E-state index contributed by atoms with van der Waals surface area (Å²) in [6.45, 7) is 6.01. The third-order valence-corrected chi connectivity index (χ3v) is 17.4. The van der Waals surface area contributed by atoms with Gasteiger partial charge in [-0.2, -0.15) is 4.98 Å². The van der Waals surface area contributed by atoms with Crippen molar-refractivity contribution in [2.24, 2.45) is 0 Å². The largest absolute Gasteiger partial charge is 0.481 e. The Hall–Kier alpha value is -11.6. The Balaban J connectivity index is 0.000000137. The average molecular weight is 1280 g/mol. The zero-order valence-electron chi connectivity index (χ0n) is 51.2. The zero-order valence-corrected chi connectivity index (χ0v) is 52.0. The second kappa shape index (κ2) is 26.3. The van der Waals surface area contributed by atoms with E-state index >= 15 is 0 Å². The van der Waals surface area contributed by atoms with Gasteiger partial charge in [-0.25, -0.2) is 57.1 Å². The Morgan fingerprint density at radius 2 is 1.44 bits per heavy atom. The van der Waals surface area contributed by atoms with Crippen molar-refractivity contribution in [3.63, 3.8) is 0 Å². The van der Waals surface area contributed by atoms with Crippen LogP contribution in [0, 0.1) is 32.4 Å². The summed E-state index contributed by atoms with van der Waals surface area (Å²) in [7, 11) is -1.53. The van der Waals surface area contributed by atoms with Gasteiger partial charge in [-0.3, -0.25) is 33.4 Å². The molecule has 1 aliphatic rings. The van der Waals surface area contributed by atoms with Crippen LogP contribution in [0.5, 0.6) is 11.8 Å². The first kappa shape index (κ1) is 62.6. The van der Waals surface area contributed by atoms with Crippen molar-refractivity contribution in [2.45, 2.75) is 70.0 Å². The summed E-state index contributed by atoms with van der Waals surface area (Å²) in [6, 6.07) is 31.9.